The summed E-state index contributed by atoms with van der Waals surface area (Å²) in [7, 11) is -3.33. The van der Waals surface area contributed by atoms with E-state index in [-0.39, 0.29) is 0 Å². The van der Waals surface area contributed by atoms with Gasteiger partial charge in [-0.1, -0.05) is 30.3 Å². The zero-order chi connectivity index (χ0) is 19.7. The van der Waals surface area contributed by atoms with Crippen LogP contribution in [0.15, 0.2) is 66.7 Å². The zero-order valence-corrected chi connectivity index (χ0v) is 15.8. The van der Waals surface area contributed by atoms with Crippen molar-refractivity contribution in [1.29, 1.82) is 0 Å². The number of nitrogens with one attached hydrogen (secondary N) is 2. The molecule has 140 valence electrons. The van der Waals surface area contributed by atoms with Crippen molar-refractivity contribution in [3.8, 4) is 0 Å². The van der Waals surface area contributed by atoms with E-state index in [0.29, 0.717) is 11.3 Å². The molecule has 1 aromatic heterocycles. The van der Waals surface area contributed by atoms with Gasteiger partial charge in [-0.2, -0.15) is 0 Å². The van der Waals surface area contributed by atoms with E-state index in [1.165, 1.54) is 0 Å². The highest BCUT2D eigenvalue weighted by molar-refractivity contribution is 7.92. The lowest BCUT2D eigenvalue weighted by Crippen LogP contribution is -2.09. The first-order valence-corrected chi connectivity index (χ1v) is 10.5. The van der Waals surface area contributed by atoms with E-state index in [0.717, 1.165) is 45.7 Å². The predicted octanol–water partition coefficient (Wildman–Crippen LogP) is 4.32. The number of aromatic nitrogens is 1. The number of benzene rings is 3. The lowest BCUT2D eigenvalue weighted by atomic mass is 10.0. The SMILES string of the molecule is CS(=O)(=O)Nc1ccc(Nc2c3ccccc3nc3cccc(C=O)c23)cc1. The van der Waals surface area contributed by atoms with Crippen LogP contribution in [0.1, 0.15) is 10.4 Å². The molecule has 0 amide bonds. The van der Waals surface area contributed by atoms with Crippen LogP contribution >= 0.6 is 0 Å². The van der Waals surface area contributed by atoms with Crippen molar-refractivity contribution < 1.29 is 13.2 Å². The predicted molar refractivity (Wildman–Crippen MR) is 113 cm³/mol. The van der Waals surface area contributed by atoms with Gasteiger partial charge in [0.05, 0.1) is 23.0 Å². The molecule has 7 heteroatoms. The third-order valence-corrected chi connectivity index (χ3v) is 4.93. The minimum Gasteiger partial charge on any atom is -0.354 e. The van der Waals surface area contributed by atoms with E-state index in [9.17, 15) is 13.2 Å². The molecular formula is C21H17N3O3S. The minimum absolute atomic E-state index is 0.478. The Morgan fingerprint density at radius 2 is 1.54 bits per heavy atom. The Morgan fingerprint density at radius 1 is 0.857 bits per heavy atom. The fraction of sp³-hybridized carbons (Fsp3) is 0.0476. The summed E-state index contributed by atoms with van der Waals surface area (Å²) >= 11 is 0. The molecule has 0 spiro atoms. The number of rotatable bonds is 5. The van der Waals surface area contributed by atoms with Crippen LogP contribution in [0.3, 0.4) is 0 Å². The molecule has 0 bridgehead atoms. The first-order chi connectivity index (χ1) is 13.4. The molecule has 4 aromatic rings. The van der Waals surface area contributed by atoms with Crippen LogP contribution in [-0.2, 0) is 10.0 Å². The lowest BCUT2D eigenvalue weighted by molar-refractivity contribution is 0.112. The highest BCUT2D eigenvalue weighted by atomic mass is 32.2. The first-order valence-electron chi connectivity index (χ1n) is 8.56. The monoisotopic (exact) mass is 391 g/mol. The summed E-state index contributed by atoms with van der Waals surface area (Å²) in [4.78, 5) is 16.3. The number of fused-ring (bicyclic) bond motifs is 2. The van der Waals surface area contributed by atoms with Crippen LogP contribution in [-0.4, -0.2) is 25.9 Å². The van der Waals surface area contributed by atoms with Gasteiger partial charge < -0.3 is 5.32 Å². The zero-order valence-electron chi connectivity index (χ0n) is 15.0. The van der Waals surface area contributed by atoms with E-state index in [1.807, 2.05) is 36.4 Å². The summed E-state index contributed by atoms with van der Waals surface area (Å²) < 4.78 is 25.2. The van der Waals surface area contributed by atoms with Crippen LogP contribution in [0.5, 0.6) is 0 Å². The summed E-state index contributed by atoms with van der Waals surface area (Å²) in [6.07, 6.45) is 1.93. The number of para-hydroxylation sites is 1. The van der Waals surface area contributed by atoms with Crippen molar-refractivity contribution in [3.05, 3.63) is 72.3 Å². The van der Waals surface area contributed by atoms with Crippen LogP contribution in [0, 0.1) is 0 Å². The van der Waals surface area contributed by atoms with Crippen LogP contribution < -0.4 is 10.0 Å². The van der Waals surface area contributed by atoms with Crippen molar-refractivity contribution in [2.75, 3.05) is 16.3 Å². The second-order valence-corrected chi connectivity index (χ2v) is 8.19. The topological polar surface area (TPSA) is 88.2 Å². The number of aldehydes is 1. The molecule has 0 aliphatic rings. The van der Waals surface area contributed by atoms with Gasteiger partial charge in [0.25, 0.3) is 0 Å². The summed E-state index contributed by atoms with van der Waals surface area (Å²) in [6.45, 7) is 0. The Labute approximate surface area is 162 Å². The molecule has 4 rings (SSSR count). The number of anilines is 3. The van der Waals surface area contributed by atoms with Crippen LogP contribution in [0.2, 0.25) is 0 Å². The summed E-state index contributed by atoms with van der Waals surface area (Å²) in [6, 6.07) is 20.1. The molecule has 2 N–H and O–H groups in total. The van der Waals surface area contributed by atoms with Gasteiger partial charge in [0.15, 0.2) is 6.29 Å². The van der Waals surface area contributed by atoms with E-state index in [4.69, 9.17) is 0 Å². The van der Waals surface area contributed by atoms with E-state index < -0.39 is 10.0 Å². The van der Waals surface area contributed by atoms with E-state index in [1.54, 1.807) is 30.3 Å². The molecule has 0 radical (unpaired) electrons. The molecule has 0 atom stereocenters. The molecule has 0 unspecified atom stereocenters. The normalized spacial score (nSPS) is 11.5. The maximum atomic E-state index is 11.6. The molecule has 28 heavy (non-hydrogen) atoms. The van der Waals surface area contributed by atoms with Gasteiger partial charge in [-0.05, 0) is 36.4 Å². The fourth-order valence-corrected chi connectivity index (χ4v) is 3.74. The van der Waals surface area contributed by atoms with Gasteiger partial charge >= 0.3 is 0 Å². The number of carbonyl (C=O) groups is 1. The molecule has 0 aliphatic heterocycles. The number of pyridine rings is 1. The third-order valence-electron chi connectivity index (χ3n) is 4.32. The third kappa shape index (κ3) is 3.52. The van der Waals surface area contributed by atoms with Gasteiger partial charge in [0.2, 0.25) is 10.0 Å². The Morgan fingerprint density at radius 3 is 2.25 bits per heavy atom. The average Bonchev–Trinajstić information content (AvgIpc) is 2.67. The minimum atomic E-state index is -3.33. The number of hydrogen-bond donors (Lipinski definition) is 2. The van der Waals surface area contributed by atoms with Crippen molar-refractivity contribution in [2.45, 2.75) is 0 Å². The lowest BCUT2D eigenvalue weighted by Gasteiger charge is -2.15. The van der Waals surface area contributed by atoms with Gasteiger partial charge in [-0.25, -0.2) is 13.4 Å². The summed E-state index contributed by atoms with van der Waals surface area (Å²) in [5, 5.41) is 5.01. The number of carbonyl (C=O) groups excluding carboxylic acids is 1. The Balaban J connectivity index is 1.86. The van der Waals surface area contributed by atoms with Crippen molar-refractivity contribution in [3.63, 3.8) is 0 Å². The maximum absolute atomic E-state index is 11.6. The molecule has 0 aliphatic carbocycles. The Bertz CT molecular complexity index is 1300. The molecule has 1 heterocycles. The van der Waals surface area contributed by atoms with Gasteiger partial charge in [-0.15, -0.1) is 0 Å². The number of nitrogens with zero attached hydrogens (tertiary/aromatic N) is 1. The standard InChI is InChI=1S/C21H17N3O3S/c1-28(26,27)24-16-11-9-15(10-12-16)22-21-17-6-2-3-7-18(17)23-19-8-4-5-14(13-25)20(19)21/h2-13,24H,1H3,(H,22,23). The molecular weight excluding hydrogens is 374 g/mol. The smallest absolute Gasteiger partial charge is 0.229 e. The van der Waals surface area contributed by atoms with Crippen LogP contribution in [0.25, 0.3) is 21.8 Å². The number of sulfonamides is 1. The van der Waals surface area contributed by atoms with E-state index in [2.05, 4.69) is 15.0 Å². The largest absolute Gasteiger partial charge is 0.354 e. The maximum Gasteiger partial charge on any atom is 0.229 e. The van der Waals surface area contributed by atoms with Gasteiger partial charge in [0, 0.05) is 27.7 Å². The van der Waals surface area contributed by atoms with Gasteiger partial charge in [0.1, 0.15) is 0 Å². The second-order valence-electron chi connectivity index (χ2n) is 6.44. The fourth-order valence-electron chi connectivity index (χ4n) is 3.18. The summed E-state index contributed by atoms with van der Waals surface area (Å²) in [5.41, 5.74) is 4.11. The highest BCUT2D eigenvalue weighted by Gasteiger charge is 2.13. The van der Waals surface area contributed by atoms with Crippen molar-refractivity contribution >= 4 is 55.2 Å². The van der Waals surface area contributed by atoms with E-state index >= 15 is 0 Å². The highest BCUT2D eigenvalue weighted by Crippen LogP contribution is 2.34. The van der Waals surface area contributed by atoms with Crippen LogP contribution in [0.4, 0.5) is 17.1 Å². The average molecular weight is 391 g/mol. The molecule has 0 saturated heterocycles. The number of hydrogen-bond acceptors (Lipinski definition) is 5. The molecule has 0 saturated carbocycles. The Hall–Kier alpha value is -3.45. The second kappa shape index (κ2) is 6.94. The first kappa shape index (κ1) is 17.9. The summed E-state index contributed by atoms with van der Waals surface area (Å²) in [5.74, 6) is 0. The quantitative estimate of drug-likeness (QED) is 0.391. The van der Waals surface area contributed by atoms with Crippen molar-refractivity contribution in [2.24, 2.45) is 0 Å². The molecule has 3 aromatic carbocycles. The molecule has 6 nitrogen and oxygen atoms in total. The Kier molecular flexibility index (Phi) is 4.44. The van der Waals surface area contributed by atoms with Crippen molar-refractivity contribution in [1.82, 2.24) is 4.98 Å². The van der Waals surface area contributed by atoms with Gasteiger partial charge in [-0.3, -0.25) is 9.52 Å². The molecule has 0 fully saturated rings.